The fourth-order valence-electron chi connectivity index (χ4n) is 1.67. The number of rotatable bonds is 1. The molecule has 2 rings (SSSR count). The molecule has 3 heteroatoms. The topological polar surface area (TPSA) is 35.2 Å². The molecule has 0 amide bonds. The summed E-state index contributed by atoms with van der Waals surface area (Å²) >= 11 is 0. The lowest BCUT2D eigenvalue weighted by Gasteiger charge is -2.11. The van der Waals surface area contributed by atoms with Gasteiger partial charge in [0.1, 0.15) is 6.10 Å². The highest BCUT2D eigenvalue weighted by Gasteiger charge is 2.31. The predicted molar refractivity (Wildman–Crippen MR) is 48.0 cm³/mol. The summed E-state index contributed by atoms with van der Waals surface area (Å²) in [6, 6.07) is 4.69. The van der Waals surface area contributed by atoms with E-state index in [1.54, 1.807) is 6.07 Å². The first-order valence-corrected chi connectivity index (χ1v) is 4.44. The second-order valence-electron chi connectivity index (χ2n) is 3.25. The maximum absolute atomic E-state index is 13.2. The third kappa shape index (κ3) is 1.20. The van der Waals surface area contributed by atoms with Crippen LogP contribution in [0.3, 0.4) is 0 Å². The fourth-order valence-corrected chi connectivity index (χ4v) is 1.67. The molecular formula is C10H12FNO. The fraction of sp³-hybridized carbons (Fsp3) is 0.400. The first kappa shape index (κ1) is 8.51. The Morgan fingerprint density at radius 3 is 2.92 bits per heavy atom. The monoisotopic (exact) mass is 181 g/mol. The van der Waals surface area contributed by atoms with E-state index < -0.39 is 0 Å². The van der Waals surface area contributed by atoms with Gasteiger partial charge in [-0.15, -0.1) is 0 Å². The molecule has 1 aromatic carbocycles. The number of nitrogens with two attached hydrogens (primary N) is 1. The van der Waals surface area contributed by atoms with E-state index in [-0.39, 0.29) is 18.0 Å². The summed E-state index contributed by atoms with van der Waals surface area (Å²) in [6.07, 6.45) is 0.724. The van der Waals surface area contributed by atoms with Crippen molar-refractivity contribution in [2.24, 2.45) is 5.73 Å². The van der Waals surface area contributed by atoms with Gasteiger partial charge in [0.05, 0.1) is 6.04 Å². The van der Waals surface area contributed by atoms with E-state index in [0.29, 0.717) is 5.75 Å². The standard InChI is InChI=1S/C10H12FNO/c1-2-8-9(12)6-4-3-5-7(11)10(6)13-8/h3-5,8-9H,2,12H2,1H3. The van der Waals surface area contributed by atoms with E-state index in [4.69, 9.17) is 10.5 Å². The first-order chi connectivity index (χ1) is 6.24. The highest BCUT2D eigenvalue weighted by molar-refractivity contribution is 5.41. The Labute approximate surface area is 76.5 Å². The van der Waals surface area contributed by atoms with Gasteiger partial charge in [-0.3, -0.25) is 0 Å². The molecule has 0 fully saturated rings. The minimum Gasteiger partial charge on any atom is -0.485 e. The van der Waals surface area contributed by atoms with Gasteiger partial charge in [0, 0.05) is 5.56 Å². The lowest BCUT2D eigenvalue weighted by atomic mass is 10.0. The summed E-state index contributed by atoms with van der Waals surface area (Å²) in [6.45, 7) is 1.98. The van der Waals surface area contributed by atoms with Gasteiger partial charge in [-0.05, 0) is 12.5 Å². The lowest BCUT2D eigenvalue weighted by molar-refractivity contribution is 0.196. The Bertz CT molecular complexity index is 327. The van der Waals surface area contributed by atoms with Crippen LogP contribution >= 0.6 is 0 Å². The summed E-state index contributed by atoms with van der Waals surface area (Å²) in [4.78, 5) is 0. The molecule has 0 saturated heterocycles. The quantitative estimate of drug-likeness (QED) is 0.719. The van der Waals surface area contributed by atoms with E-state index in [9.17, 15) is 4.39 Å². The Morgan fingerprint density at radius 2 is 2.31 bits per heavy atom. The smallest absolute Gasteiger partial charge is 0.165 e. The Kier molecular flexibility index (Phi) is 1.96. The number of para-hydroxylation sites is 1. The van der Waals surface area contributed by atoms with Gasteiger partial charge < -0.3 is 10.5 Å². The minimum absolute atomic E-state index is 0.0769. The van der Waals surface area contributed by atoms with E-state index >= 15 is 0 Å². The molecule has 1 heterocycles. The number of hydrogen-bond acceptors (Lipinski definition) is 2. The molecule has 1 aromatic rings. The summed E-state index contributed by atoms with van der Waals surface area (Å²) in [5.74, 6) is 0.0192. The van der Waals surface area contributed by atoms with Gasteiger partial charge in [0.15, 0.2) is 11.6 Å². The van der Waals surface area contributed by atoms with Crippen LogP contribution in [0.4, 0.5) is 4.39 Å². The van der Waals surface area contributed by atoms with Crippen molar-refractivity contribution in [2.45, 2.75) is 25.5 Å². The number of benzene rings is 1. The van der Waals surface area contributed by atoms with Crippen molar-refractivity contribution in [1.82, 2.24) is 0 Å². The van der Waals surface area contributed by atoms with Crippen LogP contribution in [0.2, 0.25) is 0 Å². The van der Waals surface area contributed by atoms with E-state index in [1.165, 1.54) is 6.07 Å². The van der Waals surface area contributed by atoms with Crippen molar-refractivity contribution in [3.05, 3.63) is 29.6 Å². The largest absolute Gasteiger partial charge is 0.485 e. The third-order valence-electron chi connectivity index (χ3n) is 2.43. The molecule has 0 bridgehead atoms. The van der Waals surface area contributed by atoms with Crippen molar-refractivity contribution in [3.63, 3.8) is 0 Å². The molecule has 70 valence electrons. The zero-order valence-corrected chi connectivity index (χ0v) is 7.46. The molecule has 1 aliphatic rings. The molecule has 2 nitrogen and oxygen atoms in total. The van der Waals surface area contributed by atoms with Crippen LogP contribution < -0.4 is 10.5 Å². The van der Waals surface area contributed by atoms with Crippen molar-refractivity contribution in [2.75, 3.05) is 0 Å². The van der Waals surface area contributed by atoms with Crippen LogP contribution in [0.25, 0.3) is 0 Å². The SMILES string of the molecule is CCC1Oc2c(F)cccc2C1N. The van der Waals surface area contributed by atoms with Crippen molar-refractivity contribution in [3.8, 4) is 5.75 Å². The molecule has 2 unspecified atom stereocenters. The highest BCUT2D eigenvalue weighted by atomic mass is 19.1. The molecule has 0 spiro atoms. The van der Waals surface area contributed by atoms with Crippen molar-refractivity contribution < 1.29 is 9.13 Å². The highest BCUT2D eigenvalue weighted by Crippen LogP contribution is 2.37. The van der Waals surface area contributed by atoms with Gasteiger partial charge in [-0.1, -0.05) is 19.1 Å². The van der Waals surface area contributed by atoms with Crippen LogP contribution in [0, 0.1) is 5.82 Å². The summed E-state index contributed by atoms with van der Waals surface area (Å²) in [5.41, 5.74) is 6.66. The zero-order chi connectivity index (χ0) is 9.42. The molecule has 0 aromatic heterocycles. The summed E-state index contributed by atoms with van der Waals surface area (Å²) < 4.78 is 18.6. The Morgan fingerprint density at radius 1 is 1.54 bits per heavy atom. The molecule has 1 aliphatic heterocycles. The first-order valence-electron chi connectivity index (χ1n) is 4.44. The number of fused-ring (bicyclic) bond motifs is 1. The van der Waals surface area contributed by atoms with Crippen LogP contribution in [0.1, 0.15) is 24.9 Å². The lowest BCUT2D eigenvalue weighted by Crippen LogP contribution is -2.24. The second-order valence-corrected chi connectivity index (χ2v) is 3.25. The van der Waals surface area contributed by atoms with Gasteiger partial charge >= 0.3 is 0 Å². The Balaban J connectivity index is 2.43. The maximum atomic E-state index is 13.2. The predicted octanol–water partition coefficient (Wildman–Crippen LogP) is 2.00. The molecule has 2 atom stereocenters. The third-order valence-corrected chi connectivity index (χ3v) is 2.43. The molecular weight excluding hydrogens is 169 g/mol. The average molecular weight is 181 g/mol. The summed E-state index contributed by atoms with van der Waals surface area (Å²) in [7, 11) is 0. The zero-order valence-electron chi connectivity index (χ0n) is 7.46. The van der Waals surface area contributed by atoms with Gasteiger partial charge in [0.25, 0.3) is 0 Å². The van der Waals surface area contributed by atoms with Crippen LogP contribution in [0.5, 0.6) is 5.75 Å². The molecule has 0 aliphatic carbocycles. The normalized spacial score (nSPS) is 25.5. The van der Waals surface area contributed by atoms with Gasteiger partial charge in [-0.25, -0.2) is 4.39 Å². The van der Waals surface area contributed by atoms with E-state index in [1.807, 2.05) is 13.0 Å². The van der Waals surface area contributed by atoms with E-state index in [2.05, 4.69) is 0 Å². The van der Waals surface area contributed by atoms with Crippen LogP contribution in [0.15, 0.2) is 18.2 Å². The van der Waals surface area contributed by atoms with Gasteiger partial charge in [-0.2, -0.15) is 0 Å². The second kappa shape index (κ2) is 3.00. The molecule has 0 saturated carbocycles. The van der Waals surface area contributed by atoms with Crippen LogP contribution in [-0.2, 0) is 0 Å². The minimum atomic E-state index is -0.316. The summed E-state index contributed by atoms with van der Waals surface area (Å²) in [5, 5.41) is 0. The Hall–Kier alpha value is -1.09. The van der Waals surface area contributed by atoms with Gasteiger partial charge in [0.2, 0.25) is 0 Å². The average Bonchev–Trinajstić information content (AvgIpc) is 2.45. The van der Waals surface area contributed by atoms with E-state index in [0.717, 1.165) is 12.0 Å². The molecule has 0 radical (unpaired) electrons. The number of ether oxygens (including phenoxy) is 1. The molecule has 13 heavy (non-hydrogen) atoms. The molecule has 2 N–H and O–H groups in total. The van der Waals surface area contributed by atoms with Crippen molar-refractivity contribution >= 4 is 0 Å². The maximum Gasteiger partial charge on any atom is 0.165 e. The number of hydrogen-bond donors (Lipinski definition) is 1. The van der Waals surface area contributed by atoms with Crippen molar-refractivity contribution in [1.29, 1.82) is 0 Å². The number of halogens is 1. The van der Waals surface area contributed by atoms with Crippen LogP contribution in [-0.4, -0.2) is 6.10 Å².